The number of hydrogen-bond donors (Lipinski definition) is 2. The summed E-state index contributed by atoms with van der Waals surface area (Å²) < 4.78 is 15.9. The second-order valence-electron chi connectivity index (χ2n) is 6.41. The van der Waals surface area contributed by atoms with Crippen molar-refractivity contribution < 1.29 is 23.6 Å². The van der Waals surface area contributed by atoms with Crippen LogP contribution in [-0.4, -0.2) is 42.2 Å². The van der Waals surface area contributed by atoms with E-state index in [1.165, 1.54) is 13.2 Å². The fourth-order valence-electron chi connectivity index (χ4n) is 2.69. The van der Waals surface area contributed by atoms with Crippen LogP contribution in [-0.2, 0) is 11.3 Å². The SMILES string of the molecule is COc1ccc(OC)c(-c2cc(C(=O)N[C@@H](C)C(=O)NCc3ccncc3)no2)c1. The van der Waals surface area contributed by atoms with E-state index in [0.29, 0.717) is 29.4 Å². The molecule has 1 atom stereocenters. The van der Waals surface area contributed by atoms with E-state index in [1.54, 1.807) is 56.8 Å². The Labute approximate surface area is 173 Å². The number of ether oxygens (including phenoxy) is 2. The van der Waals surface area contributed by atoms with E-state index in [1.807, 2.05) is 0 Å². The molecule has 0 bridgehead atoms. The Hall–Kier alpha value is -3.88. The van der Waals surface area contributed by atoms with Gasteiger partial charge in [0.05, 0.1) is 19.8 Å². The normalized spacial score (nSPS) is 11.4. The molecular weight excluding hydrogens is 388 g/mol. The standard InChI is InChI=1S/C21H22N4O5/c1-13(20(26)23-12-14-6-8-22-9-7-14)24-21(27)17-11-19(30-25-17)16-10-15(28-2)4-5-18(16)29-3/h4-11,13H,12H2,1-3H3,(H,23,26)(H,24,27)/t13-/m0/s1. The van der Waals surface area contributed by atoms with E-state index in [2.05, 4.69) is 20.8 Å². The highest BCUT2D eigenvalue weighted by atomic mass is 16.5. The maximum Gasteiger partial charge on any atom is 0.274 e. The van der Waals surface area contributed by atoms with Crippen LogP contribution in [0.5, 0.6) is 11.5 Å². The molecule has 30 heavy (non-hydrogen) atoms. The van der Waals surface area contributed by atoms with Gasteiger partial charge in [0.1, 0.15) is 17.5 Å². The Kier molecular flexibility index (Phi) is 6.63. The lowest BCUT2D eigenvalue weighted by Gasteiger charge is -2.13. The molecule has 9 nitrogen and oxygen atoms in total. The zero-order valence-corrected chi connectivity index (χ0v) is 16.8. The molecule has 2 heterocycles. The van der Waals surface area contributed by atoms with Crippen molar-refractivity contribution in [2.75, 3.05) is 14.2 Å². The second kappa shape index (κ2) is 9.55. The molecule has 3 rings (SSSR count). The van der Waals surface area contributed by atoms with E-state index in [-0.39, 0.29) is 11.6 Å². The lowest BCUT2D eigenvalue weighted by molar-refractivity contribution is -0.122. The number of hydrogen-bond acceptors (Lipinski definition) is 7. The summed E-state index contributed by atoms with van der Waals surface area (Å²) in [6.45, 7) is 1.93. The number of amides is 2. The molecular formula is C21H22N4O5. The predicted molar refractivity (Wildman–Crippen MR) is 108 cm³/mol. The topological polar surface area (TPSA) is 116 Å². The van der Waals surface area contributed by atoms with Gasteiger partial charge in [-0.05, 0) is 42.8 Å². The monoisotopic (exact) mass is 410 g/mol. The summed E-state index contributed by atoms with van der Waals surface area (Å²) in [5.74, 6) is 0.637. The molecule has 2 N–H and O–H groups in total. The Morgan fingerprint density at radius 1 is 1.10 bits per heavy atom. The molecule has 0 aliphatic rings. The van der Waals surface area contributed by atoms with Gasteiger partial charge in [0.2, 0.25) is 5.91 Å². The van der Waals surface area contributed by atoms with E-state index >= 15 is 0 Å². The van der Waals surface area contributed by atoms with Crippen LogP contribution in [0.4, 0.5) is 0 Å². The molecule has 0 unspecified atom stereocenters. The van der Waals surface area contributed by atoms with Crippen LogP contribution in [0.25, 0.3) is 11.3 Å². The van der Waals surface area contributed by atoms with Crippen LogP contribution < -0.4 is 20.1 Å². The van der Waals surface area contributed by atoms with Crippen molar-refractivity contribution in [1.82, 2.24) is 20.8 Å². The molecule has 0 spiro atoms. The summed E-state index contributed by atoms with van der Waals surface area (Å²) in [5.41, 5.74) is 1.54. The summed E-state index contributed by atoms with van der Waals surface area (Å²) in [4.78, 5) is 28.7. The molecule has 0 aliphatic carbocycles. The van der Waals surface area contributed by atoms with E-state index < -0.39 is 11.9 Å². The van der Waals surface area contributed by atoms with Gasteiger partial charge >= 0.3 is 0 Å². The second-order valence-corrected chi connectivity index (χ2v) is 6.41. The fraction of sp³-hybridized carbons (Fsp3) is 0.238. The first kappa shape index (κ1) is 20.8. The molecule has 0 radical (unpaired) electrons. The zero-order chi connectivity index (χ0) is 21.5. The van der Waals surface area contributed by atoms with E-state index in [9.17, 15) is 9.59 Å². The van der Waals surface area contributed by atoms with Gasteiger partial charge in [0.15, 0.2) is 11.5 Å². The van der Waals surface area contributed by atoms with Crippen molar-refractivity contribution in [3.8, 4) is 22.8 Å². The highest BCUT2D eigenvalue weighted by molar-refractivity contribution is 5.96. The van der Waals surface area contributed by atoms with E-state index in [0.717, 1.165) is 5.56 Å². The fourth-order valence-corrected chi connectivity index (χ4v) is 2.69. The van der Waals surface area contributed by atoms with Gasteiger partial charge < -0.3 is 24.6 Å². The lowest BCUT2D eigenvalue weighted by Crippen LogP contribution is -2.44. The van der Waals surface area contributed by atoms with Crippen molar-refractivity contribution in [3.05, 3.63) is 60.0 Å². The number of pyridine rings is 1. The number of nitrogens with one attached hydrogen (secondary N) is 2. The molecule has 156 valence electrons. The average molecular weight is 410 g/mol. The molecule has 3 aromatic rings. The van der Waals surface area contributed by atoms with Crippen molar-refractivity contribution in [2.24, 2.45) is 0 Å². The largest absolute Gasteiger partial charge is 0.497 e. The number of rotatable bonds is 8. The van der Waals surface area contributed by atoms with E-state index in [4.69, 9.17) is 14.0 Å². The minimum atomic E-state index is -0.758. The third-order valence-electron chi connectivity index (χ3n) is 4.37. The quantitative estimate of drug-likeness (QED) is 0.585. The summed E-state index contributed by atoms with van der Waals surface area (Å²) in [6.07, 6.45) is 3.29. The Bertz CT molecular complexity index is 1020. The van der Waals surface area contributed by atoms with Crippen molar-refractivity contribution in [3.63, 3.8) is 0 Å². The smallest absolute Gasteiger partial charge is 0.274 e. The van der Waals surface area contributed by atoms with Gasteiger partial charge in [-0.2, -0.15) is 0 Å². The molecule has 0 fully saturated rings. The predicted octanol–water partition coefficient (Wildman–Crippen LogP) is 2.19. The minimum absolute atomic E-state index is 0.0451. The summed E-state index contributed by atoms with van der Waals surface area (Å²) >= 11 is 0. The van der Waals surface area contributed by atoms with Gasteiger partial charge in [0, 0.05) is 25.0 Å². The maximum atomic E-state index is 12.5. The van der Waals surface area contributed by atoms with Crippen molar-refractivity contribution >= 4 is 11.8 Å². The van der Waals surface area contributed by atoms with Crippen LogP contribution in [0, 0.1) is 0 Å². The van der Waals surface area contributed by atoms with Crippen molar-refractivity contribution in [1.29, 1.82) is 0 Å². The van der Waals surface area contributed by atoms with Gasteiger partial charge in [-0.15, -0.1) is 0 Å². The first-order valence-corrected chi connectivity index (χ1v) is 9.18. The maximum absolute atomic E-state index is 12.5. The highest BCUT2D eigenvalue weighted by Crippen LogP contribution is 2.33. The van der Waals surface area contributed by atoms with Crippen LogP contribution in [0.3, 0.4) is 0 Å². The number of carbonyl (C=O) groups excluding carboxylic acids is 2. The Morgan fingerprint density at radius 2 is 1.87 bits per heavy atom. The molecule has 9 heteroatoms. The number of carbonyl (C=O) groups is 2. The first-order valence-electron chi connectivity index (χ1n) is 9.18. The van der Waals surface area contributed by atoms with Gasteiger partial charge in [-0.3, -0.25) is 14.6 Å². The number of methoxy groups -OCH3 is 2. The Morgan fingerprint density at radius 3 is 2.57 bits per heavy atom. The van der Waals surface area contributed by atoms with Crippen LogP contribution in [0.15, 0.2) is 53.3 Å². The lowest BCUT2D eigenvalue weighted by atomic mass is 10.1. The number of aromatic nitrogens is 2. The highest BCUT2D eigenvalue weighted by Gasteiger charge is 2.21. The van der Waals surface area contributed by atoms with Crippen LogP contribution in [0.2, 0.25) is 0 Å². The third kappa shape index (κ3) is 4.93. The molecule has 2 amide bonds. The molecule has 0 saturated carbocycles. The molecule has 1 aromatic carbocycles. The minimum Gasteiger partial charge on any atom is -0.497 e. The number of nitrogens with zero attached hydrogens (tertiary/aromatic N) is 2. The third-order valence-corrected chi connectivity index (χ3v) is 4.37. The van der Waals surface area contributed by atoms with Crippen LogP contribution in [0.1, 0.15) is 23.0 Å². The summed E-state index contributed by atoms with van der Waals surface area (Å²) in [5, 5.41) is 9.17. The van der Waals surface area contributed by atoms with Crippen LogP contribution >= 0.6 is 0 Å². The first-order chi connectivity index (χ1) is 14.5. The zero-order valence-electron chi connectivity index (χ0n) is 16.8. The summed E-state index contributed by atoms with van der Waals surface area (Å²) in [7, 11) is 3.08. The van der Waals surface area contributed by atoms with Gasteiger partial charge in [0.25, 0.3) is 5.91 Å². The average Bonchev–Trinajstić information content (AvgIpc) is 3.28. The number of benzene rings is 1. The van der Waals surface area contributed by atoms with Gasteiger partial charge in [-0.1, -0.05) is 5.16 Å². The molecule has 2 aromatic heterocycles. The summed E-state index contributed by atoms with van der Waals surface area (Å²) in [6, 6.07) is 9.51. The molecule has 0 saturated heterocycles. The Balaban J connectivity index is 1.64. The molecule has 0 aliphatic heterocycles. The van der Waals surface area contributed by atoms with Gasteiger partial charge in [-0.25, -0.2) is 0 Å². The van der Waals surface area contributed by atoms with Crippen molar-refractivity contribution in [2.45, 2.75) is 19.5 Å².